The Bertz CT molecular complexity index is 316. The zero-order valence-electron chi connectivity index (χ0n) is 11.2. The van der Waals surface area contributed by atoms with Gasteiger partial charge in [0.25, 0.3) is 0 Å². The van der Waals surface area contributed by atoms with Crippen molar-refractivity contribution in [1.29, 1.82) is 0 Å². The summed E-state index contributed by atoms with van der Waals surface area (Å²) in [6.45, 7) is 11.0. The van der Waals surface area contributed by atoms with Crippen molar-refractivity contribution in [2.45, 2.75) is 47.5 Å². The smallest absolute Gasteiger partial charge is 0.119 e. The number of phenolic OH excluding ortho intramolecular Hbond substituents is 1. The van der Waals surface area contributed by atoms with Gasteiger partial charge in [-0.3, -0.25) is 0 Å². The monoisotopic (exact) mass is 220 g/mol. The van der Waals surface area contributed by atoms with Crippen molar-refractivity contribution in [3.8, 4) is 5.75 Å². The van der Waals surface area contributed by atoms with Gasteiger partial charge in [-0.2, -0.15) is 0 Å². The molecule has 0 radical (unpaired) electrons. The molecule has 0 fully saturated rings. The minimum absolute atomic E-state index is 0.468. The first kappa shape index (κ1) is 13.1. The third kappa shape index (κ3) is 3.26. The molecule has 0 heterocycles. The fraction of sp³-hybridized carbons (Fsp3) is 0.600. The number of phenols is 1. The molecule has 0 saturated heterocycles. The lowest BCUT2D eigenvalue weighted by Crippen LogP contribution is -2.05. The fourth-order valence-electron chi connectivity index (χ4n) is 2.13. The summed E-state index contributed by atoms with van der Waals surface area (Å²) in [5.74, 6) is 1.68. The van der Waals surface area contributed by atoms with Crippen molar-refractivity contribution < 1.29 is 5.11 Å². The Balaban J connectivity index is 3.14. The number of hydrogen-bond acceptors (Lipinski definition) is 1. The standard InChI is InChI=1S/C15H24O/c1-10(2)8-13-12(5)6-7-15(16)14(13)9-11(3)4/h6-7,10-11,16H,8-9H2,1-5H3. The van der Waals surface area contributed by atoms with Crippen LogP contribution in [0.1, 0.15) is 44.4 Å². The Morgan fingerprint density at radius 3 is 1.94 bits per heavy atom. The van der Waals surface area contributed by atoms with E-state index >= 15 is 0 Å². The van der Waals surface area contributed by atoms with Crippen molar-refractivity contribution in [3.63, 3.8) is 0 Å². The highest BCUT2D eigenvalue weighted by Gasteiger charge is 2.13. The maximum Gasteiger partial charge on any atom is 0.119 e. The van der Waals surface area contributed by atoms with Crippen molar-refractivity contribution >= 4 is 0 Å². The third-order valence-corrected chi connectivity index (χ3v) is 2.87. The van der Waals surface area contributed by atoms with E-state index in [0.717, 1.165) is 18.4 Å². The molecule has 16 heavy (non-hydrogen) atoms. The SMILES string of the molecule is Cc1ccc(O)c(CC(C)C)c1CC(C)C. The van der Waals surface area contributed by atoms with Crippen molar-refractivity contribution in [1.82, 2.24) is 0 Å². The van der Waals surface area contributed by atoms with Gasteiger partial charge in [0.2, 0.25) is 0 Å². The van der Waals surface area contributed by atoms with Gasteiger partial charge >= 0.3 is 0 Å². The Kier molecular flexibility index (Phi) is 4.40. The largest absolute Gasteiger partial charge is 0.508 e. The van der Waals surface area contributed by atoms with Gasteiger partial charge in [0.1, 0.15) is 5.75 Å². The molecule has 0 amide bonds. The Morgan fingerprint density at radius 1 is 0.938 bits per heavy atom. The highest BCUT2D eigenvalue weighted by atomic mass is 16.3. The molecule has 1 nitrogen and oxygen atoms in total. The normalized spacial score (nSPS) is 11.4. The fourth-order valence-corrected chi connectivity index (χ4v) is 2.13. The maximum absolute atomic E-state index is 9.98. The molecule has 0 spiro atoms. The van der Waals surface area contributed by atoms with Crippen molar-refractivity contribution in [2.24, 2.45) is 11.8 Å². The summed E-state index contributed by atoms with van der Waals surface area (Å²) in [6, 6.07) is 3.85. The van der Waals surface area contributed by atoms with E-state index in [9.17, 15) is 5.11 Å². The van der Waals surface area contributed by atoms with Gasteiger partial charge in [-0.05, 0) is 54.4 Å². The van der Waals surface area contributed by atoms with Gasteiger partial charge < -0.3 is 5.11 Å². The second-order valence-corrected chi connectivity index (χ2v) is 5.55. The quantitative estimate of drug-likeness (QED) is 0.810. The molecule has 90 valence electrons. The average Bonchev–Trinajstić information content (AvgIpc) is 2.16. The molecule has 1 rings (SSSR count). The molecular formula is C15H24O. The van der Waals surface area contributed by atoms with Crippen LogP contribution in [0.2, 0.25) is 0 Å². The lowest BCUT2D eigenvalue weighted by molar-refractivity contribution is 0.459. The zero-order valence-corrected chi connectivity index (χ0v) is 11.2. The van der Waals surface area contributed by atoms with E-state index in [1.807, 2.05) is 12.1 Å². The Labute approximate surface area is 99.5 Å². The van der Waals surface area contributed by atoms with E-state index in [1.54, 1.807) is 0 Å². The molecule has 0 saturated carbocycles. The molecule has 0 aliphatic rings. The summed E-state index contributed by atoms with van der Waals surface area (Å²) in [4.78, 5) is 0. The van der Waals surface area contributed by atoms with Crippen molar-refractivity contribution in [3.05, 3.63) is 28.8 Å². The van der Waals surface area contributed by atoms with E-state index in [2.05, 4.69) is 34.6 Å². The van der Waals surface area contributed by atoms with Crippen LogP contribution in [0, 0.1) is 18.8 Å². The first-order chi connectivity index (χ1) is 7.41. The van der Waals surface area contributed by atoms with Crippen LogP contribution in [0.4, 0.5) is 0 Å². The molecule has 1 aromatic rings. The van der Waals surface area contributed by atoms with E-state index in [4.69, 9.17) is 0 Å². The van der Waals surface area contributed by atoms with Crippen LogP contribution in [0.15, 0.2) is 12.1 Å². The number of rotatable bonds is 4. The first-order valence-electron chi connectivity index (χ1n) is 6.22. The van der Waals surface area contributed by atoms with Crippen LogP contribution in [0.5, 0.6) is 5.75 Å². The Hall–Kier alpha value is -0.980. The van der Waals surface area contributed by atoms with Gasteiger partial charge in [0.05, 0.1) is 0 Å². The van der Waals surface area contributed by atoms with Gasteiger partial charge in [-0.15, -0.1) is 0 Å². The summed E-state index contributed by atoms with van der Waals surface area (Å²) in [5, 5.41) is 9.98. The van der Waals surface area contributed by atoms with E-state index in [1.165, 1.54) is 11.1 Å². The summed E-state index contributed by atoms with van der Waals surface area (Å²) in [7, 11) is 0. The maximum atomic E-state index is 9.98. The minimum Gasteiger partial charge on any atom is -0.508 e. The summed E-state index contributed by atoms with van der Waals surface area (Å²) in [5.41, 5.74) is 3.81. The van der Waals surface area contributed by atoms with Gasteiger partial charge in [-0.25, -0.2) is 0 Å². The van der Waals surface area contributed by atoms with E-state index in [-0.39, 0.29) is 0 Å². The van der Waals surface area contributed by atoms with Gasteiger partial charge in [0.15, 0.2) is 0 Å². The van der Waals surface area contributed by atoms with Gasteiger partial charge in [-0.1, -0.05) is 33.8 Å². The van der Waals surface area contributed by atoms with Crippen LogP contribution >= 0.6 is 0 Å². The lowest BCUT2D eigenvalue weighted by Gasteiger charge is -2.17. The molecule has 0 bridgehead atoms. The molecule has 0 aromatic heterocycles. The second-order valence-electron chi connectivity index (χ2n) is 5.55. The number of hydrogen-bond donors (Lipinski definition) is 1. The molecule has 0 unspecified atom stereocenters. The van der Waals surface area contributed by atoms with Crippen LogP contribution in [-0.2, 0) is 12.8 Å². The van der Waals surface area contributed by atoms with Crippen molar-refractivity contribution in [2.75, 3.05) is 0 Å². The van der Waals surface area contributed by atoms with Crippen LogP contribution < -0.4 is 0 Å². The predicted octanol–water partition coefficient (Wildman–Crippen LogP) is 4.10. The summed E-state index contributed by atoms with van der Waals surface area (Å²) in [6.07, 6.45) is 2.03. The Morgan fingerprint density at radius 2 is 1.44 bits per heavy atom. The summed E-state index contributed by atoms with van der Waals surface area (Å²) >= 11 is 0. The molecular weight excluding hydrogens is 196 g/mol. The predicted molar refractivity (Wildman–Crippen MR) is 69.9 cm³/mol. The second kappa shape index (κ2) is 5.38. The highest BCUT2D eigenvalue weighted by molar-refractivity contribution is 5.44. The first-order valence-corrected chi connectivity index (χ1v) is 6.22. The minimum atomic E-state index is 0.468. The molecule has 0 aliphatic carbocycles. The van der Waals surface area contributed by atoms with Crippen LogP contribution in [0.25, 0.3) is 0 Å². The topological polar surface area (TPSA) is 20.2 Å². The highest BCUT2D eigenvalue weighted by Crippen LogP contribution is 2.28. The number of benzene rings is 1. The van der Waals surface area contributed by atoms with Crippen LogP contribution in [-0.4, -0.2) is 5.11 Å². The average molecular weight is 220 g/mol. The van der Waals surface area contributed by atoms with Gasteiger partial charge in [0, 0.05) is 0 Å². The van der Waals surface area contributed by atoms with Crippen LogP contribution in [0.3, 0.4) is 0 Å². The molecule has 1 N–H and O–H groups in total. The number of aromatic hydroxyl groups is 1. The molecule has 0 aliphatic heterocycles. The lowest BCUT2D eigenvalue weighted by atomic mass is 9.89. The molecule has 1 aromatic carbocycles. The van der Waals surface area contributed by atoms with E-state index < -0.39 is 0 Å². The molecule has 0 atom stereocenters. The van der Waals surface area contributed by atoms with E-state index in [0.29, 0.717) is 17.6 Å². The summed E-state index contributed by atoms with van der Waals surface area (Å²) < 4.78 is 0. The molecule has 1 heteroatoms. The third-order valence-electron chi connectivity index (χ3n) is 2.87. The number of aryl methyl sites for hydroxylation is 1. The zero-order chi connectivity index (χ0) is 12.3.